The third-order valence-corrected chi connectivity index (χ3v) is 1.90. The smallest absolute Gasteiger partial charge is 0.243 e. The van der Waals surface area contributed by atoms with Crippen molar-refractivity contribution < 1.29 is 14.3 Å². The van der Waals surface area contributed by atoms with Gasteiger partial charge in [0.05, 0.1) is 0 Å². The Morgan fingerprint density at radius 3 is 2.62 bits per heavy atom. The maximum Gasteiger partial charge on any atom is 0.243 e. The highest BCUT2D eigenvalue weighted by Crippen LogP contribution is 2.12. The summed E-state index contributed by atoms with van der Waals surface area (Å²) in [6.45, 7) is 0.230. The van der Waals surface area contributed by atoms with E-state index in [1.807, 2.05) is 24.3 Å². The molecule has 0 fully saturated rings. The number of carbonyl (C=O) groups is 1. The molecule has 0 spiro atoms. The minimum absolute atomic E-state index is 0.125. The average molecular weight is 221 g/mol. The predicted octanol–water partition coefficient (Wildman–Crippen LogP) is 1.43. The maximum absolute atomic E-state index is 11.0. The molecule has 0 unspecified atom stereocenters. The van der Waals surface area contributed by atoms with Gasteiger partial charge >= 0.3 is 0 Å². The van der Waals surface area contributed by atoms with Gasteiger partial charge in [0.1, 0.15) is 5.75 Å². The number of amides is 1. The first kappa shape index (κ1) is 12.3. The summed E-state index contributed by atoms with van der Waals surface area (Å²) in [6.07, 6.45) is 3.21. The van der Waals surface area contributed by atoms with E-state index < -0.39 is 0 Å². The van der Waals surface area contributed by atoms with E-state index in [0.717, 1.165) is 11.3 Å². The summed E-state index contributed by atoms with van der Waals surface area (Å²) in [6, 6.07) is 7.37. The number of nitrogens with one attached hydrogen (secondary N) is 1. The minimum atomic E-state index is -0.125. The molecule has 0 aliphatic carbocycles. The topological polar surface area (TPSA) is 47.6 Å². The molecule has 1 aromatic carbocycles. The third-order valence-electron chi connectivity index (χ3n) is 1.90. The van der Waals surface area contributed by atoms with E-state index in [9.17, 15) is 4.79 Å². The summed E-state index contributed by atoms with van der Waals surface area (Å²) >= 11 is 0. The van der Waals surface area contributed by atoms with E-state index in [0.29, 0.717) is 0 Å². The van der Waals surface area contributed by atoms with Crippen LogP contribution in [0.5, 0.6) is 5.75 Å². The Balaban J connectivity index is 2.57. The number of hydrogen-bond donors (Lipinski definition) is 1. The van der Waals surface area contributed by atoms with Crippen molar-refractivity contribution in [3.05, 3.63) is 35.9 Å². The van der Waals surface area contributed by atoms with Crippen molar-refractivity contribution in [3.63, 3.8) is 0 Å². The Labute approximate surface area is 94.9 Å². The van der Waals surface area contributed by atoms with Crippen LogP contribution in [0.2, 0.25) is 0 Å². The zero-order valence-electron chi connectivity index (χ0n) is 9.40. The number of methoxy groups -OCH3 is 1. The van der Waals surface area contributed by atoms with Gasteiger partial charge in [0.15, 0.2) is 6.79 Å². The van der Waals surface area contributed by atoms with Crippen LogP contribution in [0.25, 0.3) is 6.08 Å². The van der Waals surface area contributed by atoms with Crippen molar-refractivity contribution in [2.45, 2.75) is 0 Å². The zero-order chi connectivity index (χ0) is 11.8. The van der Waals surface area contributed by atoms with Gasteiger partial charge in [-0.05, 0) is 23.8 Å². The molecule has 4 heteroatoms. The Hall–Kier alpha value is -1.81. The number of likely N-dealkylation sites (N-methyl/N-ethyl adjacent to an activating group) is 1. The largest absolute Gasteiger partial charge is 0.468 e. The Bertz CT molecular complexity index is 357. The van der Waals surface area contributed by atoms with Crippen molar-refractivity contribution in [2.24, 2.45) is 0 Å². The molecule has 0 heterocycles. The molecular formula is C12H15NO3. The second-order valence-electron chi connectivity index (χ2n) is 3.07. The summed E-state index contributed by atoms with van der Waals surface area (Å²) in [5, 5.41) is 2.51. The van der Waals surface area contributed by atoms with Gasteiger partial charge in [0.2, 0.25) is 5.91 Å². The predicted molar refractivity (Wildman–Crippen MR) is 62.0 cm³/mol. The molecule has 1 N–H and O–H groups in total. The first-order valence-electron chi connectivity index (χ1n) is 4.88. The monoisotopic (exact) mass is 221 g/mol. The fourth-order valence-corrected chi connectivity index (χ4v) is 1.06. The highest BCUT2D eigenvalue weighted by molar-refractivity contribution is 5.91. The molecule has 16 heavy (non-hydrogen) atoms. The molecule has 0 aromatic heterocycles. The molecule has 1 amide bonds. The second kappa shape index (κ2) is 6.63. The van der Waals surface area contributed by atoms with E-state index in [1.165, 1.54) is 6.08 Å². The zero-order valence-corrected chi connectivity index (χ0v) is 9.40. The number of ether oxygens (including phenoxy) is 2. The van der Waals surface area contributed by atoms with Gasteiger partial charge in [0, 0.05) is 20.2 Å². The lowest BCUT2D eigenvalue weighted by molar-refractivity contribution is -0.115. The molecule has 0 atom stereocenters. The molecule has 0 aliphatic heterocycles. The van der Waals surface area contributed by atoms with Gasteiger partial charge in [-0.15, -0.1) is 0 Å². The van der Waals surface area contributed by atoms with E-state index in [4.69, 9.17) is 9.47 Å². The van der Waals surface area contributed by atoms with E-state index in [-0.39, 0.29) is 12.7 Å². The number of carbonyl (C=O) groups excluding carboxylic acids is 1. The van der Waals surface area contributed by atoms with Crippen LogP contribution >= 0.6 is 0 Å². The van der Waals surface area contributed by atoms with Gasteiger partial charge in [-0.1, -0.05) is 12.1 Å². The summed E-state index contributed by atoms with van der Waals surface area (Å²) in [7, 11) is 3.16. The van der Waals surface area contributed by atoms with Crippen LogP contribution < -0.4 is 10.1 Å². The molecule has 0 radical (unpaired) electrons. The third kappa shape index (κ3) is 4.14. The molecule has 4 nitrogen and oxygen atoms in total. The number of benzene rings is 1. The normalized spacial score (nSPS) is 10.4. The van der Waals surface area contributed by atoms with Gasteiger partial charge in [-0.25, -0.2) is 0 Å². The van der Waals surface area contributed by atoms with Crippen molar-refractivity contribution in [1.82, 2.24) is 5.32 Å². The van der Waals surface area contributed by atoms with Crippen LogP contribution in [0.15, 0.2) is 30.3 Å². The Kier molecular flexibility index (Phi) is 5.08. The standard InChI is InChI=1S/C12H15NO3/c1-13-12(14)8-5-10-3-6-11(7-4-10)16-9-15-2/h3-8H,9H2,1-2H3,(H,13,14)/b8-5+. The van der Waals surface area contributed by atoms with Gasteiger partial charge < -0.3 is 14.8 Å². The quantitative estimate of drug-likeness (QED) is 0.604. The van der Waals surface area contributed by atoms with E-state index in [1.54, 1.807) is 20.2 Å². The SMILES string of the molecule is CNC(=O)/C=C/c1ccc(OCOC)cc1. The van der Waals surface area contributed by atoms with E-state index >= 15 is 0 Å². The summed E-state index contributed by atoms with van der Waals surface area (Å²) in [5.41, 5.74) is 0.938. The molecule has 0 saturated heterocycles. The first-order chi connectivity index (χ1) is 7.76. The van der Waals surface area contributed by atoms with Crippen LogP contribution in [0, 0.1) is 0 Å². The van der Waals surface area contributed by atoms with Gasteiger partial charge in [0.25, 0.3) is 0 Å². The Morgan fingerprint density at radius 2 is 2.06 bits per heavy atom. The van der Waals surface area contributed by atoms with Crippen LogP contribution in [-0.4, -0.2) is 26.9 Å². The van der Waals surface area contributed by atoms with Gasteiger partial charge in [-0.2, -0.15) is 0 Å². The average Bonchev–Trinajstić information content (AvgIpc) is 2.34. The molecule has 0 saturated carbocycles. The molecule has 0 aliphatic rings. The number of hydrogen-bond acceptors (Lipinski definition) is 3. The van der Waals surface area contributed by atoms with E-state index in [2.05, 4.69) is 5.32 Å². The maximum atomic E-state index is 11.0. The summed E-state index contributed by atoms with van der Waals surface area (Å²) in [5.74, 6) is 0.610. The summed E-state index contributed by atoms with van der Waals surface area (Å²) < 4.78 is 10.0. The fraction of sp³-hybridized carbons (Fsp3) is 0.250. The fourth-order valence-electron chi connectivity index (χ4n) is 1.06. The van der Waals surface area contributed by atoms with Crippen LogP contribution in [0.1, 0.15) is 5.56 Å². The Morgan fingerprint density at radius 1 is 1.38 bits per heavy atom. The van der Waals surface area contributed by atoms with Crippen molar-refractivity contribution in [2.75, 3.05) is 21.0 Å². The molecule has 0 bridgehead atoms. The van der Waals surface area contributed by atoms with Crippen LogP contribution in [-0.2, 0) is 9.53 Å². The molecular weight excluding hydrogens is 206 g/mol. The first-order valence-corrected chi connectivity index (χ1v) is 4.88. The van der Waals surface area contributed by atoms with Crippen LogP contribution in [0.4, 0.5) is 0 Å². The van der Waals surface area contributed by atoms with Gasteiger partial charge in [-0.3, -0.25) is 4.79 Å². The number of rotatable bonds is 5. The molecule has 1 aromatic rings. The van der Waals surface area contributed by atoms with Crippen LogP contribution in [0.3, 0.4) is 0 Å². The molecule has 1 rings (SSSR count). The lowest BCUT2D eigenvalue weighted by Gasteiger charge is -2.03. The lowest BCUT2D eigenvalue weighted by atomic mass is 10.2. The van der Waals surface area contributed by atoms with Crippen molar-refractivity contribution >= 4 is 12.0 Å². The molecule has 86 valence electrons. The second-order valence-corrected chi connectivity index (χ2v) is 3.07. The van der Waals surface area contributed by atoms with Crippen molar-refractivity contribution in [3.8, 4) is 5.75 Å². The highest BCUT2D eigenvalue weighted by atomic mass is 16.7. The van der Waals surface area contributed by atoms with Crippen molar-refractivity contribution in [1.29, 1.82) is 0 Å². The highest BCUT2D eigenvalue weighted by Gasteiger charge is 1.93. The minimum Gasteiger partial charge on any atom is -0.468 e. The summed E-state index contributed by atoms with van der Waals surface area (Å²) in [4.78, 5) is 11.0. The lowest BCUT2D eigenvalue weighted by Crippen LogP contribution is -2.13.